The van der Waals surface area contributed by atoms with Crippen molar-refractivity contribution in [2.45, 2.75) is 6.92 Å². The van der Waals surface area contributed by atoms with Gasteiger partial charge in [0.1, 0.15) is 0 Å². The molecule has 0 N–H and O–H groups in total. The van der Waals surface area contributed by atoms with Crippen LogP contribution in [0.5, 0.6) is 0 Å². The van der Waals surface area contributed by atoms with Crippen molar-refractivity contribution in [2.75, 3.05) is 14.1 Å². The van der Waals surface area contributed by atoms with Gasteiger partial charge in [-0.25, -0.2) is 0 Å². The molecule has 0 aromatic heterocycles. The fraction of sp³-hybridized carbons (Fsp3) is 0.231. The summed E-state index contributed by atoms with van der Waals surface area (Å²) < 4.78 is 0. The second-order valence-corrected chi connectivity index (χ2v) is 4.06. The molecule has 1 aliphatic carbocycles. The normalized spacial score (nSPS) is 14.1. The number of fused-ring (bicyclic) bond motifs is 1. The van der Waals surface area contributed by atoms with Gasteiger partial charge >= 0.3 is 0 Å². The SMILES string of the molecule is CC(=C1C(=O)c2ccccc2C1=O)N(C)C. The number of Topliss-reactive ketones (excluding diaryl/α,β-unsaturated/α-hetero) is 2. The topological polar surface area (TPSA) is 37.4 Å². The zero-order chi connectivity index (χ0) is 11.9. The van der Waals surface area contributed by atoms with Gasteiger partial charge in [0.25, 0.3) is 0 Å². The van der Waals surface area contributed by atoms with Crippen LogP contribution in [0.3, 0.4) is 0 Å². The highest BCUT2D eigenvalue weighted by Crippen LogP contribution is 2.28. The monoisotopic (exact) mass is 215 g/mol. The second kappa shape index (κ2) is 3.59. The maximum Gasteiger partial charge on any atom is 0.199 e. The van der Waals surface area contributed by atoms with Crippen molar-refractivity contribution in [1.29, 1.82) is 0 Å². The van der Waals surface area contributed by atoms with Gasteiger partial charge in [-0.15, -0.1) is 0 Å². The molecule has 3 heteroatoms. The number of carbonyl (C=O) groups is 2. The van der Waals surface area contributed by atoms with Crippen LogP contribution >= 0.6 is 0 Å². The molecule has 0 spiro atoms. The van der Waals surface area contributed by atoms with Crippen molar-refractivity contribution < 1.29 is 9.59 Å². The maximum atomic E-state index is 12.0. The minimum atomic E-state index is -0.160. The molecule has 16 heavy (non-hydrogen) atoms. The third-order valence-electron chi connectivity index (χ3n) is 2.90. The molecular weight excluding hydrogens is 202 g/mol. The lowest BCUT2D eigenvalue weighted by Gasteiger charge is -2.14. The predicted octanol–water partition coefficient (Wildman–Crippen LogP) is 1.90. The molecule has 0 atom stereocenters. The predicted molar refractivity (Wildman–Crippen MR) is 61.5 cm³/mol. The molecule has 0 aliphatic heterocycles. The van der Waals surface area contributed by atoms with E-state index in [2.05, 4.69) is 0 Å². The fourth-order valence-corrected chi connectivity index (χ4v) is 1.80. The quantitative estimate of drug-likeness (QED) is 0.530. The zero-order valence-electron chi connectivity index (χ0n) is 9.57. The van der Waals surface area contributed by atoms with Crippen LogP contribution in [0, 0.1) is 0 Å². The van der Waals surface area contributed by atoms with Gasteiger partial charge in [0.2, 0.25) is 0 Å². The Balaban J connectivity index is 2.64. The van der Waals surface area contributed by atoms with Crippen molar-refractivity contribution in [1.82, 2.24) is 4.90 Å². The third kappa shape index (κ3) is 1.36. The number of hydrogen-bond acceptors (Lipinski definition) is 3. The van der Waals surface area contributed by atoms with E-state index in [0.29, 0.717) is 22.4 Å². The zero-order valence-corrected chi connectivity index (χ0v) is 9.57. The molecular formula is C13H13NO2. The van der Waals surface area contributed by atoms with Gasteiger partial charge in [0.05, 0.1) is 5.57 Å². The van der Waals surface area contributed by atoms with Crippen LogP contribution in [0.1, 0.15) is 27.6 Å². The Morgan fingerprint density at radius 1 is 1.00 bits per heavy atom. The molecule has 0 saturated heterocycles. The molecule has 1 aliphatic rings. The second-order valence-electron chi connectivity index (χ2n) is 4.06. The van der Waals surface area contributed by atoms with Crippen LogP contribution in [0.25, 0.3) is 0 Å². The first-order valence-electron chi connectivity index (χ1n) is 5.10. The Morgan fingerprint density at radius 2 is 1.44 bits per heavy atom. The molecule has 0 unspecified atom stereocenters. The average molecular weight is 215 g/mol. The summed E-state index contributed by atoms with van der Waals surface area (Å²) in [7, 11) is 3.65. The van der Waals surface area contributed by atoms with Crippen molar-refractivity contribution in [3.63, 3.8) is 0 Å². The van der Waals surface area contributed by atoms with E-state index in [1.54, 1.807) is 36.1 Å². The van der Waals surface area contributed by atoms with E-state index in [1.807, 2.05) is 14.1 Å². The summed E-state index contributed by atoms with van der Waals surface area (Å²) in [6.45, 7) is 1.79. The van der Waals surface area contributed by atoms with Crippen LogP contribution in [0.2, 0.25) is 0 Å². The van der Waals surface area contributed by atoms with E-state index in [-0.39, 0.29) is 11.6 Å². The molecule has 0 amide bonds. The smallest absolute Gasteiger partial charge is 0.199 e. The Labute approximate surface area is 94.4 Å². The highest BCUT2D eigenvalue weighted by molar-refractivity contribution is 6.39. The number of nitrogens with zero attached hydrogens (tertiary/aromatic N) is 1. The average Bonchev–Trinajstić information content (AvgIpc) is 2.52. The van der Waals surface area contributed by atoms with Gasteiger partial charge in [0.15, 0.2) is 11.6 Å². The van der Waals surface area contributed by atoms with Gasteiger partial charge in [-0.1, -0.05) is 24.3 Å². The Hall–Kier alpha value is -1.90. The number of benzene rings is 1. The third-order valence-corrected chi connectivity index (χ3v) is 2.90. The molecule has 1 aromatic carbocycles. The highest BCUT2D eigenvalue weighted by atomic mass is 16.2. The van der Waals surface area contributed by atoms with Gasteiger partial charge in [0, 0.05) is 30.9 Å². The van der Waals surface area contributed by atoms with E-state index in [1.165, 1.54) is 0 Å². The number of allylic oxidation sites excluding steroid dienone is 2. The molecule has 3 nitrogen and oxygen atoms in total. The molecule has 0 radical (unpaired) electrons. The first kappa shape index (κ1) is 10.6. The van der Waals surface area contributed by atoms with E-state index < -0.39 is 0 Å². The summed E-state index contributed by atoms with van der Waals surface area (Å²) in [4.78, 5) is 25.9. The Bertz CT molecular complexity index is 475. The lowest BCUT2D eigenvalue weighted by Crippen LogP contribution is -2.16. The van der Waals surface area contributed by atoms with Gasteiger partial charge in [-0.05, 0) is 6.92 Å². The molecule has 2 rings (SSSR count). The Kier molecular flexibility index (Phi) is 2.38. The van der Waals surface area contributed by atoms with Crippen LogP contribution < -0.4 is 0 Å². The van der Waals surface area contributed by atoms with Crippen molar-refractivity contribution >= 4 is 11.6 Å². The first-order chi connectivity index (χ1) is 7.54. The summed E-state index contributed by atoms with van der Waals surface area (Å²) >= 11 is 0. The Morgan fingerprint density at radius 3 is 1.81 bits per heavy atom. The van der Waals surface area contributed by atoms with Gasteiger partial charge in [-0.3, -0.25) is 9.59 Å². The summed E-state index contributed by atoms with van der Waals surface area (Å²) in [6.07, 6.45) is 0. The largest absolute Gasteiger partial charge is 0.380 e. The molecule has 1 aromatic rings. The van der Waals surface area contributed by atoms with Crippen LogP contribution in [0.15, 0.2) is 35.5 Å². The molecule has 0 bridgehead atoms. The number of hydrogen-bond donors (Lipinski definition) is 0. The van der Waals surface area contributed by atoms with Crippen LogP contribution in [-0.2, 0) is 0 Å². The fourth-order valence-electron chi connectivity index (χ4n) is 1.80. The van der Waals surface area contributed by atoms with Gasteiger partial charge < -0.3 is 4.90 Å². The standard InChI is InChI=1S/C13H13NO2/c1-8(14(2)3)11-12(15)9-6-4-5-7-10(9)13(11)16/h4-7H,1-3H3. The minimum absolute atomic E-state index is 0.160. The van der Waals surface area contributed by atoms with Crippen LogP contribution in [-0.4, -0.2) is 30.6 Å². The summed E-state index contributed by atoms with van der Waals surface area (Å²) in [6, 6.07) is 6.95. The maximum absolute atomic E-state index is 12.0. The first-order valence-corrected chi connectivity index (χ1v) is 5.10. The summed E-state index contributed by atoms with van der Waals surface area (Å²) in [5.74, 6) is -0.321. The summed E-state index contributed by atoms with van der Waals surface area (Å²) in [5.41, 5.74) is 2.05. The number of carbonyl (C=O) groups excluding carboxylic acids is 2. The van der Waals surface area contributed by atoms with Gasteiger partial charge in [-0.2, -0.15) is 0 Å². The highest BCUT2D eigenvalue weighted by Gasteiger charge is 2.34. The number of rotatable bonds is 1. The minimum Gasteiger partial charge on any atom is -0.380 e. The molecule has 0 saturated carbocycles. The van der Waals surface area contributed by atoms with E-state index in [9.17, 15) is 9.59 Å². The molecule has 0 heterocycles. The van der Waals surface area contributed by atoms with Crippen molar-refractivity contribution in [3.8, 4) is 0 Å². The number of ketones is 2. The van der Waals surface area contributed by atoms with E-state index in [0.717, 1.165) is 0 Å². The van der Waals surface area contributed by atoms with Crippen molar-refractivity contribution in [3.05, 3.63) is 46.7 Å². The molecule has 0 fully saturated rings. The summed E-state index contributed by atoms with van der Waals surface area (Å²) in [5, 5.41) is 0. The molecule has 82 valence electrons. The van der Waals surface area contributed by atoms with Crippen molar-refractivity contribution in [2.24, 2.45) is 0 Å². The lowest BCUT2D eigenvalue weighted by molar-refractivity contribution is 0.0984. The lowest BCUT2D eigenvalue weighted by atomic mass is 10.1. The van der Waals surface area contributed by atoms with Crippen LogP contribution in [0.4, 0.5) is 0 Å². The van der Waals surface area contributed by atoms with E-state index >= 15 is 0 Å². The van der Waals surface area contributed by atoms with E-state index in [4.69, 9.17) is 0 Å².